The largest absolute Gasteiger partial charge is 0.497 e. The Bertz CT molecular complexity index is 1270. The van der Waals surface area contributed by atoms with E-state index in [1.807, 2.05) is 28.8 Å². The average molecular weight is 493 g/mol. The number of carbonyl (C=O) groups is 2. The fraction of sp³-hybridized carbons (Fsp3) is 0.370. The summed E-state index contributed by atoms with van der Waals surface area (Å²) in [6.45, 7) is 3.53. The number of nitrogens with zero attached hydrogens (tertiary/aromatic N) is 3. The van der Waals surface area contributed by atoms with E-state index in [-0.39, 0.29) is 29.5 Å². The Balaban J connectivity index is 1.18. The molecule has 0 saturated carbocycles. The van der Waals surface area contributed by atoms with Crippen LogP contribution in [-0.4, -0.2) is 46.5 Å². The molecule has 9 heteroatoms. The number of ether oxygens (including phenoxy) is 2. The predicted octanol–water partition coefficient (Wildman–Crippen LogP) is 4.10. The first-order valence-electron chi connectivity index (χ1n) is 12.1. The van der Waals surface area contributed by atoms with Gasteiger partial charge in [0.2, 0.25) is 5.91 Å². The molecule has 1 fully saturated rings. The van der Waals surface area contributed by atoms with Gasteiger partial charge in [-0.15, -0.1) is 0 Å². The molecule has 0 spiro atoms. The van der Waals surface area contributed by atoms with Crippen molar-refractivity contribution in [2.75, 3.05) is 25.5 Å². The molecule has 2 aromatic carbocycles. The van der Waals surface area contributed by atoms with Crippen molar-refractivity contribution < 1.29 is 23.5 Å². The number of hydrogen-bond donors (Lipinski definition) is 1. The molecular formula is C27H29FN4O4. The van der Waals surface area contributed by atoms with Crippen molar-refractivity contribution in [2.24, 2.45) is 5.92 Å². The minimum absolute atomic E-state index is 0.131. The van der Waals surface area contributed by atoms with Gasteiger partial charge in [0.15, 0.2) is 5.69 Å². The van der Waals surface area contributed by atoms with Gasteiger partial charge in [0, 0.05) is 19.0 Å². The summed E-state index contributed by atoms with van der Waals surface area (Å²) in [4.78, 5) is 32.0. The Kier molecular flexibility index (Phi) is 6.73. The number of likely N-dealkylation sites (tertiary alicyclic amines) is 1. The van der Waals surface area contributed by atoms with Crippen LogP contribution in [0.4, 0.5) is 10.1 Å². The maximum Gasteiger partial charge on any atom is 0.274 e. The fourth-order valence-corrected chi connectivity index (χ4v) is 4.78. The summed E-state index contributed by atoms with van der Waals surface area (Å²) in [5.41, 5.74) is 3.17. The fourth-order valence-electron chi connectivity index (χ4n) is 4.78. The maximum atomic E-state index is 14.1. The quantitative estimate of drug-likeness (QED) is 0.580. The number of piperidine rings is 1. The minimum Gasteiger partial charge on any atom is -0.497 e. The molecular weight excluding hydrogens is 463 g/mol. The zero-order chi connectivity index (χ0) is 25.2. The topological polar surface area (TPSA) is 85.7 Å². The number of aryl methyl sites for hydroxylation is 1. The van der Waals surface area contributed by atoms with Crippen LogP contribution in [0.25, 0.3) is 0 Å². The van der Waals surface area contributed by atoms with Crippen molar-refractivity contribution in [3.05, 3.63) is 77.1 Å². The molecule has 2 aliphatic heterocycles. The molecule has 2 amide bonds. The molecule has 0 radical (unpaired) electrons. The third kappa shape index (κ3) is 4.83. The van der Waals surface area contributed by atoms with E-state index in [0.717, 1.165) is 22.6 Å². The Labute approximate surface area is 209 Å². The van der Waals surface area contributed by atoms with Gasteiger partial charge in [0.25, 0.3) is 5.91 Å². The van der Waals surface area contributed by atoms with Gasteiger partial charge < -0.3 is 24.3 Å². The summed E-state index contributed by atoms with van der Waals surface area (Å²) in [5, 5.41) is 2.69. The molecule has 3 aromatic rings. The van der Waals surface area contributed by atoms with Crippen molar-refractivity contribution >= 4 is 17.5 Å². The highest BCUT2D eigenvalue weighted by atomic mass is 19.1. The SMILES string of the molecule is COc1ccc([C@@H]2Cn3cnc(C(=O)N4CCC(C(=O)Nc5ccc(C)cc5F)CC4)c3CO2)cc1. The second-order valence-electron chi connectivity index (χ2n) is 9.30. The summed E-state index contributed by atoms with van der Waals surface area (Å²) < 4.78 is 27.4. The molecule has 0 unspecified atom stereocenters. The molecule has 1 atom stereocenters. The summed E-state index contributed by atoms with van der Waals surface area (Å²) >= 11 is 0. The number of anilines is 1. The summed E-state index contributed by atoms with van der Waals surface area (Å²) in [7, 11) is 1.63. The summed E-state index contributed by atoms with van der Waals surface area (Å²) in [6.07, 6.45) is 2.58. The van der Waals surface area contributed by atoms with E-state index in [9.17, 15) is 14.0 Å². The summed E-state index contributed by atoms with van der Waals surface area (Å²) in [6, 6.07) is 12.5. The first-order chi connectivity index (χ1) is 17.4. The van der Waals surface area contributed by atoms with Crippen LogP contribution in [0.2, 0.25) is 0 Å². The van der Waals surface area contributed by atoms with Crippen molar-refractivity contribution in [3.8, 4) is 5.75 Å². The number of imidazole rings is 1. The molecule has 0 bridgehead atoms. The van der Waals surface area contributed by atoms with E-state index < -0.39 is 5.82 Å². The normalized spacial score (nSPS) is 18.0. The molecule has 5 rings (SSSR count). The molecule has 188 valence electrons. The Hall–Kier alpha value is -3.72. The number of rotatable bonds is 5. The van der Waals surface area contributed by atoms with Crippen LogP contribution < -0.4 is 10.1 Å². The van der Waals surface area contributed by atoms with Gasteiger partial charge >= 0.3 is 0 Å². The monoisotopic (exact) mass is 492 g/mol. The van der Waals surface area contributed by atoms with E-state index in [1.54, 1.807) is 37.4 Å². The first kappa shape index (κ1) is 24.0. The van der Waals surface area contributed by atoms with Gasteiger partial charge in [-0.05, 0) is 55.2 Å². The van der Waals surface area contributed by atoms with Crippen LogP contribution in [0, 0.1) is 18.7 Å². The standard InChI is InChI=1S/C27H29FN4O4/c1-17-3-8-22(21(28)13-17)30-26(33)19-9-11-31(12-10-19)27(34)25-23-15-36-24(14-32(23)16-29-25)18-4-6-20(35-2)7-5-18/h3-8,13,16,19,24H,9-12,14-15H2,1-2H3,(H,30,33)/t24-/m0/s1. The number of hydrogen-bond acceptors (Lipinski definition) is 5. The van der Waals surface area contributed by atoms with E-state index in [1.165, 1.54) is 6.07 Å². The third-order valence-electron chi connectivity index (χ3n) is 6.96. The number of benzene rings is 2. The second kappa shape index (κ2) is 10.1. The van der Waals surface area contributed by atoms with E-state index in [4.69, 9.17) is 9.47 Å². The van der Waals surface area contributed by atoms with E-state index in [0.29, 0.717) is 44.8 Å². The van der Waals surface area contributed by atoms with E-state index in [2.05, 4.69) is 10.3 Å². The maximum absolute atomic E-state index is 14.1. The van der Waals surface area contributed by atoms with Gasteiger partial charge in [0.1, 0.15) is 17.7 Å². The van der Waals surface area contributed by atoms with Gasteiger partial charge in [-0.1, -0.05) is 18.2 Å². The number of fused-ring (bicyclic) bond motifs is 1. The minimum atomic E-state index is -0.447. The van der Waals surface area contributed by atoms with Gasteiger partial charge in [-0.2, -0.15) is 0 Å². The lowest BCUT2D eigenvalue weighted by molar-refractivity contribution is -0.121. The number of aromatic nitrogens is 2. The van der Waals surface area contributed by atoms with Crippen LogP contribution in [0.3, 0.4) is 0 Å². The second-order valence-corrected chi connectivity index (χ2v) is 9.30. The Morgan fingerprint density at radius 1 is 1.14 bits per heavy atom. The van der Waals surface area contributed by atoms with Crippen molar-refractivity contribution in [1.29, 1.82) is 0 Å². The van der Waals surface area contributed by atoms with Crippen LogP contribution in [0.1, 0.15) is 46.3 Å². The average Bonchev–Trinajstić information content (AvgIpc) is 3.33. The smallest absolute Gasteiger partial charge is 0.274 e. The number of methoxy groups -OCH3 is 1. The van der Waals surface area contributed by atoms with Crippen LogP contribution in [-0.2, 0) is 22.7 Å². The molecule has 1 N–H and O–H groups in total. The Morgan fingerprint density at radius 2 is 1.89 bits per heavy atom. The zero-order valence-corrected chi connectivity index (χ0v) is 20.4. The molecule has 8 nitrogen and oxygen atoms in total. The van der Waals surface area contributed by atoms with E-state index >= 15 is 0 Å². The predicted molar refractivity (Wildman–Crippen MR) is 131 cm³/mol. The van der Waals surface area contributed by atoms with Crippen LogP contribution in [0.5, 0.6) is 5.75 Å². The lowest BCUT2D eigenvalue weighted by Crippen LogP contribution is -2.42. The van der Waals surface area contributed by atoms with Gasteiger partial charge in [0.05, 0.1) is 38.0 Å². The van der Waals surface area contributed by atoms with Crippen molar-refractivity contribution in [1.82, 2.24) is 14.5 Å². The molecule has 1 aromatic heterocycles. The zero-order valence-electron chi connectivity index (χ0n) is 20.4. The lowest BCUT2D eigenvalue weighted by Gasteiger charge is -2.31. The Morgan fingerprint density at radius 3 is 2.58 bits per heavy atom. The number of halogens is 1. The highest BCUT2D eigenvalue weighted by molar-refractivity contribution is 5.95. The molecule has 3 heterocycles. The molecule has 1 saturated heterocycles. The number of carbonyl (C=O) groups excluding carboxylic acids is 2. The number of amides is 2. The van der Waals surface area contributed by atoms with Crippen molar-refractivity contribution in [3.63, 3.8) is 0 Å². The van der Waals surface area contributed by atoms with Crippen LogP contribution >= 0.6 is 0 Å². The van der Waals surface area contributed by atoms with Crippen LogP contribution in [0.15, 0.2) is 48.8 Å². The third-order valence-corrected chi connectivity index (χ3v) is 6.96. The highest BCUT2D eigenvalue weighted by Crippen LogP contribution is 2.30. The molecule has 2 aliphatic rings. The molecule has 36 heavy (non-hydrogen) atoms. The van der Waals surface area contributed by atoms with Gasteiger partial charge in [-0.25, -0.2) is 9.37 Å². The summed E-state index contributed by atoms with van der Waals surface area (Å²) in [5.74, 6) is -0.313. The highest BCUT2D eigenvalue weighted by Gasteiger charge is 2.32. The number of nitrogens with one attached hydrogen (secondary N) is 1. The van der Waals surface area contributed by atoms with Crippen molar-refractivity contribution in [2.45, 2.75) is 39.0 Å². The lowest BCUT2D eigenvalue weighted by atomic mass is 9.95. The van der Waals surface area contributed by atoms with Gasteiger partial charge in [-0.3, -0.25) is 9.59 Å². The first-order valence-corrected chi connectivity index (χ1v) is 12.1. The molecule has 0 aliphatic carbocycles.